The van der Waals surface area contributed by atoms with Crippen LogP contribution in [0.2, 0.25) is 0 Å². The maximum Gasteiger partial charge on any atom is 0.225 e. The highest BCUT2D eigenvalue weighted by molar-refractivity contribution is 7.09. The van der Waals surface area contributed by atoms with E-state index in [2.05, 4.69) is 41.2 Å². The average Bonchev–Trinajstić information content (AvgIpc) is 3.24. The summed E-state index contributed by atoms with van der Waals surface area (Å²) in [6.07, 6.45) is 2.01. The van der Waals surface area contributed by atoms with E-state index >= 15 is 0 Å². The molecule has 2 saturated heterocycles. The Morgan fingerprint density at radius 1 is 1.39 bits per heavy atom. The van der Waals surface area contributed by atoms with E-state index in [0.29, 0.717) is 17.9 Å². The summed E-state index contributed by atoms with van der Waals surface area (Å²) >= 11 is 1.75. The van der Waals surface area contributed by atoms with Gasteiger partial charge in [0.05, 0.1) is 13.2 Å². The quantitative estimate of drug-likeness (QED) is 0.828. The second-order valence-electron chi connectivity index (χ2n) is 6.81. The first-order chi connectivity index (χ1) is 11.2. The van der Waals surface area contributed by atoms with Crippen molar-refractivity contribution in [1.29, 1.82) is 0 Å². The lowest BCUT2D eigenvalue weighted by Crippen LogP contribution is -2.47. The van der Waals surface area contributed by atoms with Gasteiger partial charge in [-0.25, -0.2) is 0 Å². The van der Waals surface area contributed by atoms with E-state index in [-0.39, 0.29) is 5.92 Å². The molecule has 5 heteroatoms. The molecule has 0 bridgehead atoms. The van der Waals surface area contributed by atoms with Crippen LogP contribution in [0.4, 0.5) is 0 Å². The summed E-state index contributed by atoms with van der Waals surface area (Å²) in [5.41, 5.74) is 0. The van der Waals surface area contributed by atoms with Gasteiger partial charge in [0.1, 0.15) is 0 Å². The minimum atomic E-state index is 0.0783. The molecule has 0 aliphatic carbocycles. The van der Waals surface area contributed by atoms with Crippen molar-refractivity contribution in [3.8, 4) is 0 Å². The first-order valence-corrected chi connectivity index (χ1v) is 9.70. The number of amides is 1. The zero-order valence-electron chi connectivity index (χ0n) is 14.2. The lowest BCUT2D eigenvalue weighted by Gasteiger charge is -2.34. The van der Waals surface area contributed by atoms with Gasteiger partial charge in [-0.05, 0) is 23.8 Å². The van der Waals surface area contributed by atoms with E-state index in [1.54, 1.807) is 11.3 Å². The number of morpholine rings is 1. The summed E-state index contributed by atoms with van der Waals surface area (Å²) in [7, 11) is 0. The summed E-state index contributed by atoms with van der Waals surface area (Å²) < 4.78 is 5.48. The number of thiophene rings is 1. The molecule has 2 fully saturated rings. The third-order valence-corrected chi connectivity index (χ3v) is 6.16. The Labute approximate surface area is 143 Å². The van der Waals surface area contributed by atoms with Crippen LogP contribution in [0.3, 0.4) is 0 Å². The van der Waals surface area contributed by atoms with Crippen LogP contribution in [-0.4, -0.2) is 61.1 Å². The molecule has 0 radical (unpaired) electrons. The maximum atomic E-state index is 12.8. The van der Waals surface area contributed by atoms with E-state index in [0.717, 1.165) is 52.2 Å². The number of carbonyl (C=O) groups is 1. The van der Waals surface area contributed by atoms with Gasteiger partial charge >= 0.3 is 0 Å². The molecule has 3 rings (SSSR count). The molecule has 23 heavy (non-hydrogen) atoms. The highest BCUT2D eigenvalue weighted by atomic mass is 32.1. The number of likely N-dealkylation sites (tertiary alicyclic amines) is 1. The second-order valence-corrected chi connectivity index (χ2v) is 7.84. The van der Waals surface area contributed by atoms with Crippen molar-refractivity contribution < 1.29 is 9.53 Å². The highest BCUT2D eigenvalue weighted by Crippen LogP contribution is 2.27. The van der Waals surface area contributed by atoms with Crippen LogP contribution in [0.5, 0.6) is 0 Å². The Morgan fingerprint density at radius 3 is 2.83 bits per heavy atom. The summed E-state index contributed by atoms with van der Waals surface area (Å²) in [5, 5.41) is 2.09. The number of rotatable bonds is 5. The third-order valence-electron chi connectivity index (χ3n) is 5.27. The van der Waals surface area contributed by atoms with Crippen molar-refractivity contribution in [2.24, 2.45) is 11.8 Å². The zero-order chi connectivity index (χ0) is 16.2. The Kier molecular flexibility index (Phi) is 5.72. The maximum absolute atomic E-state index is 12.8. The second kappa shape index (κ2) is 7.77. The summed E-state index contributed by atoms with van der Waals surface area (Å²) in [5.74, 6) is 1.01. The summed E-state index contributed by atoms with van der Waals surface area (Å²) in [6.45, 7) is 9.82. The third kappa shape index (κ3) is 3.95. The zero-order valence-corrected chi connectivity index (χ0v) is 15.1. The molecule has 0 spiro atoms. The number of nitrogens with zero attached hydrogens (tertiary/aromatic N) is 2. The van der Waals surface area contributed by atoms with Crippen LogP contribution < -0.4 is 0 Å². The molecule has 3 heterocycles. The van der Waals surface area contributed by atoms with Crippen LogP contribution in [-0.2, 0) is 16.0 Å². The molecule has 0 unspecified atom stereocenters. The molecule has 1 amide bonds. The van der Waals surface area contributed by atoms with Crippen LogP contribution in [0, 0.1) is 11.8 Å². The highest BCUT2D eigenvalue weighted by Gasteiger charge is 2.38. The van der Waals surface area contributed by atoms with Crippen molar-refractivity contribution in [2.45, 2.75) is 32.7 Å². The fourth-order valence-electron chi connectivity index (χ4n) is 3.89. The van der Waals surface area contributed by atoms with E-state index in [4.69, 9.17) is 4.74 Å². The van der Waals surface area contributed by atoms with Crippen LogP contribution in [0.1, 0.15) is 25.1 Å². The number of ether oxygens (including phenoxy) is 1. The largest absolute Gasteiger partial charge is 0.379 e. The van der Waals surface area contributed by atoms with E-state index in [1.165, 1.54) is 4.88 Å². The number of carbonyl (C=O) groups excluding carboxylic acids is 1. The first kappa shape index (κ1) is 16.9. The van der Waals surface area contributed by atoms with Crippen LogP contribution in [0.25, 0.3) is 0 Å². The van der Waals surface area contributed by atoms with Gasteiger partial charge in [0.2, 0.25) is 5.91 Å². The molecule has 1 aromatic rings. The summed E-state index contributed by atoms with van der Waals surface area (Å²) in [4.78, 5) is 18.8. The molecule has 2 aliphatic rings. The minimum Gasteiger partial charge on any atom is -0.379 e. The van der Waals surface area contributed by atoms with Gasteiger partial charge in [-0.2, -0.15) is 0 Å². The molecule has 3 atom stereocenters. The number of hydrogen-bond acceptors (Lipinski definition) is 4. The molecule has 128 valence electrons. The molecular formula is C18H28N2O2S. The van der Waals surface area contributed by atoms with Crippen molar-refractivity contribution in [2.75, 3.05) is 39.4 Å². The average molecular weight is 337 g/mol. The van der Waals surface area contributed by atoms with Gasteiger partial charge in [-0.3, -0.25) is 9.69 Å². The standard InChI is InChI=1S/C18H28N2O2S/c1-3-15-12-20(13-17(15)19-6-8-22-9-7-19)18(21)14(2)11-16-5-4-10-23-16/h4-5,10,14-15,17H,3,6-9,11-13H2,1-2H3/t14-,15+,17-/m0/s1. The SMILES string of the molecule is CC[C@@H]1CN(C(=O)[C@@H](C)Cc2cccs2)C[C@@H]1N1CCOCC1. The molecule has 2 aliphatic heterocycles. The van der Waals surface area contributed by atoms with Crippen molar-refractivity contribution >= 4 is 17.2 Å². The van der Waals surface area contributed by atoms with E-state index in [1.807, 2.05) is 0 Å². The minimum absolute atomic E-state index is 0.0783. The van der Waals surface area contributed by atoms with Gasteiger partial charge in [0.25, 0.3) is 0 Å². The monoisotopic (exact) mass is 336 g/mol. The molecule has 0 aromatic carbocycles. The van der Waals surface area contributed by atoms with Gasteiger partial charge in [-0.1, -0.05) is 26.3 Å². The lowest BCUT2D eigenvalue weighted by atomic mass is 9.99. The Hall–Kier alpha value is -0.910. The fourth-order valence-corrected chi connectivity index (χ4v) is 4.72. The van der Waals surface area contributed by atoms with E-state index in [9.17, 15) is 4.79 Å². The van der Waals surface area contributed by atoms with Gasteiger partial charge in [-0.15, -0.1) is 11.3 Å². The molecular weight excluding hydrogens is 308 g/mol. The van der Waals surface area contributed by atoms with E-state index < -0.39 is 0 Å². The topological polar surface area (TPSA) is 32.8 Å². The molecule has 1 aromatic heterocycles. The Morgan fingerprint density at radius 2 is 2.17 bits per heavy atom. The van der Waals surface area contributed by atoms with Crippen molar-refractivity contribution in [3.63, 3.8) is 0 Å². The lowest BCUT2D eigenvalue weighted by molar-refractivity contribution is -0.134. The van der Waals surface area contributed by atoms with Gasteiger partial charge < -0.3 is 9.64 Å². The van der Waals surface area contributed by atoms with Gasteiger partial charge in [0, 0.05) is 43.0 Å². The van der Waals surface area contributed by atoms with Gasteiger partial charge in [0.15, 0.2) is 0 Å². The smallest absolute Gasteiger partial charge is 0.225 e. The first-order valence-electron chi connectivity index (χ1n) is 8.82. The predicted molar refractivity (Wildman–Crippen MR) is 93.7 cm³/mol. The van der Waals surface area contributed by atoms with Crippen molar-refractivity contribution in [3.05, 3.63) is 22.4 Å². The Bertz CT molecular complexity index is 499. The van der Waals surface area contributed by atoms with Crippen molar-refractivity contribution in [1.82, 2.24) is 9.80 Å². The predicted octanol–water partition coefficient (Wildman–Crippen LogP) is 2.50. The van der Waals surface area contributed by atoms with Crippen LogP contribution >= 0.6 is 11.3 Å². The Balaban J connectivity index is 1.60. The summed E-state index contributed by atoms with van der Waals surface area (Å²) in [6, 6.07) is 4.71. The molecule has 4 nitrogen and oxygen atoms in total. The van der Waals surface area contributed by atoms with Crippen LogP contribution in [0.15, 0.2) is 17.5 Å². The molecule has 0 saturated carbocycles. The fraction of sp³-hybridized carbons (Fsp3) is 0.722. The normalized spacial score (nSPS) is 27.3. The molecule has 0 N–H and O–H groups in total. The number of hydrogen-bond donors (Lipinski definition) is 0.